The summed E-state index contributed by atoms with van der Waals surface area (Å²) in [5, 5.41) is 3.44. The molecular formula is C11H11ClF2N2O2S. The van der Waals surface area contributed by atoms with Gasteiger partial charge in [0.2, 0.25) is 5.91 Å². The fraction of sp³-hybridized carbons (Fsp3) is 0.273. The minimum atomic E-state index is -2.60. The number of amides is 3. The second kappa shape index (κ2) is 7.30. The normalized spacial score (nSPS) is 12.1. The van der Waals surface area contributed by atoms with Crippen LogP contribution in [0.15, 0.2) is 29.2 Å². The van der Waals surface area contributed by atoms with E-state index in [2.05, 4.69) is 5.32 Å². The summed E-state index contributed by atoms with van der Waals surface area (Å²) in [6.07, 6.45) is 0. The van der Waals surface area contributed by atoms with Gasteiger partial charge in [-0.2, -0.15) is 8.78 Å². The van der Waals surface area contributed by atoms with E-state index in [1.54, 1.807) is 12.1 Å². The fourth-order valence-electron chi connectivity index (χ4n) is 1.13. The van der Waals surface area contributed by atoms with E-state index in [0.717, 1.165) is 0 Å². The van der Waals surface area contributed by atoms with Crippen LogP contribution in [0.5, 0.6) is 0 Å². The molecule has 0 heterocycles. The zero-order valence-corrected chi connectivity index (χ0v) is 11.4. The van der Waals surface area contributed by atoms with Gasteiger partial charge in [0, 0.05) is 4.90 Å². The Morgan fingerprint density at radius 2 is 1.95 bits per heavy atom. The van der Waals surface area contributed by atoms with Gasteiger partial charge in [-0.05, 0) is 19.1 Å². The van der Waals surface area contributed by atoms with Crippen molar-refractivity contribution in [1.82, 2.24) is 5.32 Å². The van der Waals surface area contributed by atoms with Gasteiger partial charge < -0.3 is 5.32 Å². The molecule has 0 radical (unpaired) electrons. The van der Waals surface area contributed by atoms with E-state index < -0.39 is 23.1 Å². The van der Waals surface area contributed by atoms with Gasteiger partial charge in [-0.25, -0.2) is 4.79 Å². The van der Waals surface area contributed by atoms with Crippen molar-refractivity contribution in [3.05, 3.63) is 24.3 Å². The zero-order chi connectivity index (χ0) is 14.4. The number of rotatable bonds is 4. The number of alkyl halides is 3. The van der Waals surface area contributed by atoms with Crippen LogP contribution >= 0.6 is 23.4 Å². The van der Waals surface area contributed by atoms with Crippen molar-refractivity contribution in [2.45, 2.75) is 23.0 Å². The summed E-state index contributed by atoms with van der Waals surface area (Å²) in [6.45, 7) is 1.41. The molecule has 0 aliphatic rings. The number of hydrogen-bond acceptors (Lipinski definition) is 3. The highest BCUT2D eigenvalue weighted by molar-refractivity contribution is 7.99. The molecule has 0 bridgehead atoms. The smallest absolute Gasteiger partial charge is 0.307 e. The van der Waals surface area contributed by atoms with Gasteiger partial charge in [-0.3, -0.25) is 10.1 Å². The number of nitrogens with one attached hydrogen (secondary N) is 2. The highest BCUT2D eigenvalue weighted by Gasteiger charge is 2.15. The Morgan fingerprint density at radius 3 is 2.53 bits per heavy atom. The number of thioether (sulfide) groups is 1. The molecule has 0 saturated heterocycles. The quantitative estimate of drug-likeness (QED) is 0.663. The minimum Gasteiger partial charge on any atom is -0.307 e. The number of carbonyl (C=O) groups excluding carboxylic acids is 2. The lowest BCUT2D eigenvalue weighted by atomic mass is 10.3. The van der Waals surface area contributed by atoms with Crippen LogP contribution in [0.25, 0.3) is 0 Å². The van der Waals surface area contributed by atoms with E-state index in [1.807, 2.05) is 5.32 Å². The maximum Gasteiger partial charge on any atom is 0.325 e. The van der Waals surface area contributed by atoms with E-state index in [0.29, 0.717) is 11.8 Å². The molecular weight excluding hydrogens is 298 g/mol. The Kier molecular flexibility index (Phi) is 6.04. The third-order valence-corrected chi connectivity index (χ3v) is 2.94. The summed E-state index contributed by atoms with van der Waals surface area (Å²) >= 11 is 5.79. The number of halogens is 3. The molecule has 1 aromatic rings. The van der Waals surface area contributed by atoms with Crippen LogP contribution in [0.2, 0.25) is 0 Å². The summed E-state index contributed by atoms with van der Waals surface area (Å²) < 4.78 is 24.6. The molecule has 0 aliphatic carbocycles. The average Bonchev–Trinajstić information content (AvgIpc) is 2.30. The van der Waals surface area contributed by atoms with E-state index >= 15 is 0 Å². The molecule has 0 saturated carbocycles. The highest BCUT2D eigenvalue weighted by Crippen LogP contribution is 2.31. The lowest BCUT2D eigenvalue weighted by molar-refractivity contribution is -0.119. The summed E-state index contributed by atoms with van der Waals surface area (Å²) in [7, 11) is 0. The highest BCUT2D eigenvalue weighted by atomic mass is 35.5. The number of hydrogen-bond donors (Lipinski definition) is 2. The topological polar surface area (TPSA) is 58.2 Å². The number of benzene rings is 1. The maximum atomic E-state index is 12.3. The molecule has 0 aliphatic heterocycles. The van der Waals surface area contributed by atoms with Crippen molar-refractivity contribution in [1.29, 1.82) is 0 Å². The van der Waals surface area contributed by atoms with Crippen LogP contribution in [0, 0.1) is 0 Å². The summed E-state index contributed by atoms with van der Waals surface area (Å²) in [6, 6.07) is 5.23. The van der Waals surface area contributed by atoms with E-state index in [4.69, 9.17) is 11.6 Å². The second-order valence-corrected chi connectivity index (χ2v) is 5.12. The number of carbonyl (C=O) groups is 2. The van der Waals surface area contributed by atoms with Crippen molar-refractivity contribution in [2.75, 3.05) is 5.32 Å². The van der Waals surface area contributed by atoms with Crippen molar-refractivity contribution >= 4 is 41.0 Å². The molecule has 0 spiro atoms. The third-order valence-electron chi connectivity index (χ3n) is 1.95. The van der Waals surface area contributed by atoms with Gasteiger partial charge in [0.05, 0.1) is 5.69 Å². The van der Waals surface area contributed by atoms with Gasteiger partial charge in [-0.1, -0.05) is 23.9 Å². The van der Waals surface area contributed by atoms with E-state index in [9.17, 15) is 18.4 Å². The average molecular weight is 309 g/mol. The molecule has 4 nitrogen and oxygen atoms in total. The monoisotopic (exact) mass is 308 g/mol. The van der Waals surface area contributed by atoms with Crippen molar-refractivity contribution < 1.29 is 18.4 Å². The van der Waals surface area contributed by atoms with Crippen LogP contribution < -0.4 is 10.6 Å². The summed E-state index contributed by atoms with van der Waals surface area (Å²) in [4.78, 5) is 22.9. The molecule has 1 aromatic carbocycles. The number of urea groups is 1. The summed E-state index contributed by atoms with van der Waals surface area (Å²) in [5.74, 6) is -3.27. The van der Waals surface area contributed by atoms with Crippen LogP contribution in [0.3, 0.4) is 0 Å². The van der Waals surface area contributed by atoms with Gasteiger partial charge >= 0.3 is 6.03 Å². The Morgan fingerprint density at radius 1 is 1.32 bits per heavy atom. The number of imide groups is 1. The first-order valence-corrected chi connectivity index (χ1v) is 6.51. The molecule has 1 unspecified atom stereocenters. The Bertz CT molecular complexity index is 472. The molecule has 8 heteroatoms. The fourth-order valence-corrected chi connectivity index (χ4v) is 1.78. The minimum absolute atomic E-state index is 0.195. The molecule has 2 N–H and O–H groups in total. The van der Waals surface area contributed by atoms with Crippen molar-refractivity contribution in [3.8, 4) is 0 Å². The predicted octanol–water partition coefficient (Wildman–Crippen LogP) is 3.28. The maximum absolute atomic E-state index is 12.3. The van der Waals surface area contributed by atoms with Crippen molar-refractivity contribution in [2.24, 2.45) is 0 Å². The molecule has 19 heavy (non-hydrogen) atoms. The molecule has 1 rings (SSSR count). The molecule has 3 amide bonds. The zero-order valence-electron chi connectivity index (χ0n) is 9.82. The van der Waals surface area contributed by atoms with Crippen molar-refractivity contribution in [3.63, 3.8) is 0 Å². The molecule has 0 aromatic heterocycles. The molecule has 104 valence electrons. The summed E-state index contributed by atoms with van der Waals surface area (Å²) in [5.41, 5.74) is 0.195. The lowest BCUT2D eigenvalue weighted by Gasteiger charge is -2.11. The first-order chi connectivity index (χ1) is 8.90. The van der Waals surface area contributed by atoms with Gasteiger partial charge in [-0.15, -0.1) is 11.6 Å². The van der Waals surface area contributed by atoms with Crippen LogP contribution in [0.1, 0.15) is 6.92 Å². The number of para-hydroxylation sites is 1. The van der Waals surface area contributed by atoms with Crippen LogP contribution in [0.4, 0.5) is 19.3 Å². The number of anilines is 1. The lowest BCUT2D eigenvalue weighted by Crippen LogP contribution is -2.38. The second-order valence-electron chi connectivity index (χ2n) is 3.43. The van der Waals surface area contributed by atoms with E-state index in [1.165, 1.54) is 19.1 Å². The molecule has 1 atom stereocenters. The van der Waals surface area contributed by atoms with Gasteiger partial charge in [0.15, 0.2) is 0 Å². The Balaban J connectivity index is 2.71. The first kappa shape index (κ1) is 15.7. The largest absolute Gasteiger partial charge is 0.325 e. The van der Waals surface area contributed by atoms with Gasteiger partial charge in [0.25, 0.3) is 5.76 Å². The SMILES string of the molecule is CC(Cl)C(=O)NC(=O)Nc1ccccc1SC(F)F. The standard InChI is InChI=1S/C11H11ClF2N2O2S/c1-6(12)9(17)16-11(18)15-7-4-2-3-5-8(7)19-10(13)14/h2-6,10H,1H3,(H2,15,16,17,18). The predicted molar refractivity (Wildman–Crippen MR) is 70.8 cm³/mol. The molecule has 0 fully saturated rings. The van der Waals surface area contributed by atoms with Crippen LogP contribution in [-0.4, -0.2) is 23.1 Å². The van der Waals surface area contributed by atoms with Crippen LogP contribution in [-0.2, 0) is 4.79 Å². The van der Waals surface area contributed by atoms with E-state index in [-0.39, 0.29) is 10.6 Å². The van der Waals surface area contributed by atoms with Gasteiger partial charge in [0.1, 0.15) is 5.38 Å². The third kappa shape index (κ3) is 5.44. The Hall–Kier alpha value is -1.34. The Labute approximate surface area is 117 Å². The first-order valence-electron chi connectivity index (χ1n) is 5.20.